The van der Waals surface area contributed by atoms with Crippen LogP contribution in [-0.2, 0) is 23.8 Å². The minimum Gasteiger partial charge on any atom is -0.370 e. The van der Waals surface area contributed by atoms with E-state index in [2.05, 4.69) is 93.9 Å². The molecule has 0 aliphatic rings. The summed E-state index contributed by atoms with van der Waals surface area (Å²) in [6.45, 7) is 19.4. The summed E-state index contributed by atoms with van der Waals surface area (Å²) < 4.78 is 1.58. The molecule has 0 spiro atoms. The number of halogens is 1. The van der Waals surface area contributed by atoms with Crippen molar-refractivity contribution in [1.82, 2.24) is 19.9 Å². The lowest BCUT2D eigenvalue weighted by Gasteiger charge is -2.23. The average Bonchev–Trinajstić information content (AvgIpc) is 3.40. The van der Waals surface area contributed by atoms with E-state index in [0.29, 0.717) is 12.2 Å². The summed E-state index contributed by atoms with van der Waals surface area (Å²) in [5.41, 5.74) is 23.7. The maximum absolute atomic E-state index is 12.5. The van der Waals surface area contributed by atoms with Gasteiger partial charge in [-0.1, -0.05) is 71.3 Å². The summed E-state index contributed by atoms with van der Waals surface area (Å²) in [4.78, 5) is 23.9. The molecule has 4 aromatic rings. The molecule has 0 saturated carbocycles. The molecule has 4 rings (SSSR count). The van der Waals surface area contributed by atoms with Gasteiger partial charge in [0.25, 0.3) is 0 Å². The number of nitrogens with two attached hydrogens (primary N) is 3. The Kier molecular flexibility index (Phi) is 13.2. The van der Waals surface area contributed by atoms with Crippen molar-refractivity contribution in [3.8, 4) is 5.69 Å². The number of hydrogen-bond acceptors (Lipinski definition) is 5. The third-order valence-corrected chi connectivity index (χ3v) is 8.40. The lowest BCUT2D eigenvalue weighted by atomic mass is 9.82. The van der Waals surface area contributed by atoms with Gasteiger partial charge in [0, 0.05) is 46.8 Å². The summed E-state index contributed by atoms with van der Waals surface area (Å²) in [5.74, 6) is 0.123. The molecular formula is C37H55ClN8O. The van der Waals surface area contributed by atoms with E-state index in [0.717, 1.165) is 66.1 Å². The van der Waals surface area contributed by atoms with Gasteiger partial charge in [-0.15, -0.1) is 0 Å². The standard InChI is InChI=1S/C21H29N7O.C16H26ClN/c1-21(2,3)17-11-15-13-28(20(29)27-18(15)26-17)16-7-5-14(6-8-16)12-24-9-4-10-25-19(22)23;1-11(18)7-6-8-13-9-14(16(3,4)5)12(2)15(17)10-13/h5-8,11,13,24H,4,9-10,12H2,1-3H3,(H4,22,23,25)(H,26,27,29);9-11H,6-8,18H2,1-5H3/t;11-/m.0/s1. The van der Waals surface area contributed by atoms with Crippen LogP contribution in [0.5, 0.6) is 0 Å². The van der Waals surface area contributed by atoms with Crippen molar-refractivity contribution in [3.63, 3.8) is 0 Å². The molecule has 9 nitrogen and oxygen atoms in total. The Morgan fingerprint density at radius 3 is 2.30 bits per heavy atom. The van der Waals surface area contributed by atoms with E-state index in [-0.39, 0.29) is 28.5 Å². The number of aromatic amines is 1. The van der Waals surface area contributed by atoms with Gasteiger partial charge in [-0.25, -0.2) is 4.79 Å². The highest BCUT2D eigenvalue weighted by molar-refractivity contribution is 6.31. The van der Waals surface area contributed by atoms with Crippen molar-refractivity contribution in [2.45, 2.75) is 104 Å². The van der Waals surface area contributed by atoms with Crippen LogP contribution in [0.2, 0.25) is 5.02 Å². The van der Waals surface area contributed by atoms with Crippen LogP contribution in [0, 0.1) is 6.92 Å². The van der Waals surface area contributed by atoms with Crippen LogP contribution in [0.3, 0.4) is 0 Å². The average molecular weight is 663 g/mol. The number of hydrogen-bond donors (Lipinski definition) is 5. The second kappa shape index (κ2) is 16.4. The quantitative estimate of drug-likeness (QED) is 0.0714. The number of aliphatic imine (C=N–C) groups is 1. The maximum atomic E-state index is 12.5. The molecule has 47 heavy (non-hydrogen) atoms. The van der Waals surface area contributed by atoms with Crippen molar-refractivity contribution in [1.29, 1.82) is 0 Å². The van der Waals surface area contributed by atoms with Crippen molar-refractivity contribution >= 4 is 28.6 Å². The Morgan fingerprint density at radius 1 is 1.02 bits per heavy atom. The first-order valence-electron chi connectivity index (χ1n) is 16.5. The zero-order valence-electron chi connectivity index (χ0n) is 29.5. The zero-order valence-corrected chi connectivity index (χ0v) is 30.3. The molecule has 2 aromatic heterocycles. The van der Waals surface area contributed by atoms with Crippen LogP contribution in [-0.4, -0.2) is 39.6 Å². The summed E-state index contributed by atoms with van der Waals surface area (Å²) in [6, 6.07) is 14.6. The predicted molar refractivity (Wildman–Crippen MR) is 199 cm³/mol. The van der Waals surface area contributed by atoms with Gasteiger partial charge in [0.15, 0.2) is 5.96 Å². The zero-order chi connectivity index (χ0) is 34.9. The Hall–Kier alpha value is -3.66. The van der Waals surface area contributed by atoms with Crippen LogP contribution in [0.15, 0.2) is 58.4 Å². The van der Waals surface area contributed by atoms with Gasteiger partial charge in [0.2, 0.25) is 0 Å². The topological polar surface area (TPSA) is 153 Å². The fraction of sp³-hybridized carbons (Fsp3) is 0.486. The number of guanidine groups is 1. The molecule has 0 unspecified atom stereocenters. The van der Waals surface area contributed by atoms with Gasteiger partial charge >= 0.3 is 5.69 Å². The first-order valence-corrected chi connectivity index (χ1v) is 16.9. The van der Waals surface area contributed by atoms with E-state index in [4.69, 9.17) is 28.8 Å². The first kappa shape index (κ1) is 37.8. The number of nitrogens with one attached hydrogen (secondary N) is 2. The minimum absolute atomic E-state index is 0.0352. The molecule has 0 amide bonds. The lowest BCUT2D eigenvalue weighted by molar-refractivity contribution is 0.574. The monoisotopic (exact) mass is 662 g/mol. The molecule has 10 heteroatoms. The SMILES string of the molecule is CC(C)(C)c1cc2cn(-c3ccc(CNCCCN=C(N)N)cc3)c(=O)nc2[nH]1.Cc1c(Cl)cc(CCC[C@H](C)N)cc1C(C)(C)C. The second-order valence-corrected chi connectivity index (χ2v) is 14.9. The maximum Gasteiger partial charge on any atom is 0.354 e. The number of H-pyrrole nitrogens is 1. The first-order chi connectivity index (χ1) is 22.0. The van der Waals surface area contributed by atoms with Crippen molar-refractivity contribution in [2.24, 2.45) is 22.2 Å². The summed E-state index contributed by atoms with van der Waals surface area (Å²) in [6.07, 6.45) is 5.96. The smallest absolute Gasteiger partial charge is 0.354 e. The van der Waals surface area contributed by atoms with E-state index in [1.807, 2.05) is 30.5 Å². The van der Waals surface area contributed by atoms with E-state index in [1.165, 1.54) is 16.7 Å². The van der Waals surface area contributed by atoms with Gasteiger partial charge in [0.1, 0.15) is 5.65 Å². The number of aryl methyl sites for hydroxylation is 1. The Bertz CT molecular complexity index is 1690. The van der Waals surface area contributed by atoms with Crippen molar-refractivity contribution in [2.75, 3.05) is 13.1 Å². The van der Waals surface area contributed by atoms with Gasteiger partial charge in [0.05, 0.1) is 5.69 Å². The third kappa shape index (κ3) is 11.5. The van der Waals surface area contributed by atoms with Gasteiger partial charge in [-0.2, -0.15) is 4.98 Å². The van der Waals surface area contributed by atoms with Gasteiger partial charge in [-0.3, -0.25) is 9.56 Å². The molecule has 2 aromatic carbocycles. The highest BCUT2D eigenvalue weighted by atomic mass is 35.5. The van der Waals surface area contributed by atoms with Crippen LogP contribution < -0.4 is 28.2 Å². The molecule has 0 fully saturated rings. The van der Waals surface area contributed by atoms with E-state index < -0.39 is 0 Å². The van der Waals surface area contributed by atoms with Crippen LogP contribution in [0.4, 0.5) is 0 Å². The Morgan fingerprint density at radius 2 is 1.70 bits per heavy atom. The van der Waals surface area contributed by atoms with Crippen molar-refractivity contribution in [3.05, 3.63) is 92.1 Å². The molecule has 0 aliphatic heterocycles. The van der Waals surface area contributed by atoms with E-state index >= 15 is 0 Å². The number of rotatable bonds is 11. The molecule has 8 N–H and O–H groups in total. The third-order valence-electron chi connectivity index (χ3n) is 8.00. The number of nitrogens with zero attached hydrogens (tertiary/aromatic N) is 3. The summed E-state index contributed by atoms with van der Waals surface area (Å²) >= 11 is 6.34. The van der Waals surface area contributed by atoms with Gasteiger partial charge < -0.3 is 27.5 Å². The summed E-state index contributed by atoms with van der Waals surface area (Å²) in [5, 5.41) is 5.16. The summed E-state index contributed by atoms with van der Waals surface area (Å²) in [7, 11) is 0. The van der Waals surface area contributed by atoms with Crippen LogP contribution in [0.1, 0.15) is 95.7 Å². The normalized spacial score (nSPS) is 12.5. The minimum atomic E-state index is -0.301. The molecule has 256 valence electrons. The van der Waals surface area contributed by atoms with E-state index in [9.17, 15) is 4.79 Å². The molecular weight excluding hydrogens is 608 g/mol. The number of aromatic nitrogens is 3. The molecule has 0 saturated heterocycles. The van der Waals surface area contributed by atoms with Crippen LogP contribution in [0.25, 0.3) is 16.7 Å². The lowest BCUT2D eigenvalue weighted by Crippen LogP contribution is -2.23. The molecule has 0 aliphatic carbocycles. The highest BCUT2D eigenvalue weighted by Crippen LogP contribution is 2.32. The van der Waals surface area contributed by atoms with Gasteiger partial charge in [-0.05, 0) is 98.0 Å². The number of fused-ring (bicyclic) bond motifs is 1. The molecule has 0 bridgehead atoms. The molecule has 1 atom stereocenters. The van der Waals surface area contributed by atoms with E-state index in [1.54, 1.807) is 4.57 Å². The Labute approximate surface area is 285 Å². The molecule has 0 radical (unpaired) electrons. The van der Waals surface area contributed by atoms with Crippen LogP contribution >= 0.6 is 11.6 Å². The highest BCUT2D eigenvalue weighted by Gasteiger charge is 2.19. The Balaban J connectivity index is 0.000000287. The second-order valence-electron chi connectivity index (χ2n) is 14.5. The fourth-order valence-corrected chi connectivity index (χ4v) is 5.53. The van der Waals surface area contributed by atoms with Crippen molar-refractivity contribution < 1.29 is 0 Å². The fourth-order valence-electron chi connectivity index (χ4n) is 5.29. The molecule has 2 heterocycles. The largest absolute Gasteiger partial charge is 0.370 e. The number of benzene rings is 2. The predicted octanol–water partition coefficient (Wildman–Crippen LogP) is 6.38.